The molecule has 2 aromatic rings. The first kappa shape index (κ1) is 16.9. The number of aromatic nitrogens is 2. The molecule has 1 aromatic heterocycles. The van der Waals surface area contributed by atoms with Gasteiger partial charge in [-0.2, -0.15) is 5.10 Å². The lowest BCUT2D eigenvalue weighted by molar-refractivity contribution is -0.120. The second kappa shape index (κ2) is 7.17. The van der Waals surface area contributed by atoms with Crippen LogP contribution in [-0.2, 0) is 24.8 Å². The molecule has 0 spiro atoms. The van der Waals surface area contributed by atoms with E-state index in [1.54, 1.807) is 25.0 Å². The number of hydrogen-bond acceptors (Lipinski definition) is 4. The zero-order valence-corrected chi connectivity index (χ0v) is 14.3. The molecular weight excluding hydrogens is 294 g/mol. The van der Waals surface area contributed by atoms with Crippen LogP contribution in [0.5, 0.6) is 11.5 Å². The van der Waals surface area contributed by atoms with Gasteiger partial charge in [-0.15, -0.1) is 0 Å². The topological polar surface area (TPSA) is 65.4 Å². The van der Waals surface area contributed by atoms with Crippen molar-refractivity contribution in [2.24, 2.45) is 7.05 Å². The molecule has 0 saturated heterocycles. The van der Waals surface area contributed by atoms with Crippen molar-refractivity contribution in [2.75, 3.05) is 14.2 Å². The number of amides is 1. The van der Waals surface area contributed by atoms with E-state index in [9.17, 15) is 4.79 Å². The van der Waals surface area contributed by atoms with E-state index in [2.05, 4.69) is 10.4 Å². The van der Waals surface area contributed by atoms with Crippen LogP contribution in [0.3, 0.4) is 0 Å². The van der Waals surface area contributed by atoms with Crippen LogP contribution in [0.4, 0.5) is 0 Å². The van der Waals surface area contributed by atoms with Gasteiger partial charge in [0, 0.05) is 36.5 Å². The second-order valence-electron chi connectivity index (χ2n) is 5.40. The number of benzene rings is 1. The molecule has 1 aromatic carbocycles. The highest BCUT2D eigenvalue weighted by Crippen LogP contribution is 2.24. The predicted octanol–water partition coefficient (Wildman–Crippen LogP) is 1.91. The van der Waals surface area contributed by atoms with Crippen molar-refractivity contribution in [3.63, 3.8) is 0 Å². The quantitative estimate of drug-likeness (QED) is 0.884. The molecule has 0 atom stereocenters. The van der Waals surface area contributed by atoms with Crippen molar-refractivity contribution in [3.05, 3.63) is 40.7 Å². The minimum atomic E-state index is -0.0397. The van der Waals surface area contributed by atoms with Gasteiger partial charge in [-0.1, -0.05) is 0 Å². The van der Waals surface area contributed by atoms with Crippen LogP contribution < -0.4 is 14.8 Å². The molecule has 6 heteroatoms. The maximum absolute atomic E-state index is 12.2. The van der Waals surface area contributed by atoms with Crippen molar-refractivity contribution >= 4 is 5.91 Å². The predicted molar refractivity (Wildman–Crippen MR) is 87.8 cm³/mol. The van der Waals surface area contributed by atoms with Crippen LogP contribution in [0.1, 0.15) is 22.5 Å². The smallest absolute Gasteiger partial charge is 0.224 e. The van der Waals surface area contributed by atoms with E-state index in [4.69, 9.17) is 9.47 Å². The number of methoxy groups -OCH3 is 2. The molecule has 0 radical (unpaired) electrons. The fourth-order valence-corrected chi connectivity index (χ4v) is 2.49. The van der Waals surface area contributed by atoms with Gasteiger partial charge in [0.05, 0.1) is 26.3 Å². The Bertz CT molecular complexity index is 707. The first-order valence-corrected chi connectivity index (χ1v) is 7.43. The molecule has 0 unspecified atom stereocenters. The fourth-order valence-electron chi connectivity index (χ4n) is 2.49. The number of ether oxygens (including phenoxy) is 2. The van der Waals surface area contributed by atoms with E-state index in [0.29, 0.717) is 18.7 Å². The third-order valence-corrected chi connectivity index (χ3v) is 3.97. The third kappa shape index (κ3) is 3.83. The highest BCUT2D eigenvalue weighted by molar-refractivity contribution is 5.79. The molecule has 0 saturated carbocycles. The first-order valence-electron chi connectivity index (χ1n) is 7.43. The average Bonchev–Trinajstić information content (AvgIpc) is 2.79. The number of rotatable bonds is 6. The van der Waals surface area contributed by atoms with Gasteiger partial charge in [0.1, 0.15) is 11.5 Å². The Labute approximate surface area is 136 Å². The maximum atomic E-state index is 12.2. The van der Waals surface area contributed by atoms with Crippen LogP contribution in [0.15, 0.2) is 18.2 Å². The second-order valence-corrected chi connectivity index (χ2v) is 5.40. The Hall–Kier alpha value is -2.50. The Morgan fingerprint density at radius 3 is 2.57 bits per heavy atom. The Kier molecular flexibility index (Phi) is 5.26. The van der Waals surface area contributed by atoms with Crippen molar-refractivity contribution in [1.29, 1.82) is 0 Å². The summed E-state index contributed by atoms with van der Waals surface area (Å²) in [5, 5.41) is 7.26. The Balaban J connectivity index is 2.02. The molecule has 1 amide bonds. The molecule has 1 heterocycles. The number of nitrogens with zero attached hydrogens (tertiary/aromatic N) is 2. The summed E-state index contributed by atoms with van der Waals surface area (Å²) in [7, 11) is 5.09. The van der Waals surface area contributed by atoms with Crippen molar-refractivity contribution in [3.8, 4) is 11.5 Å². The van der Waals surface area contributed by atoms with Gasteiger partial charge < -0.3 is 14.8 Å². The van der Waals surface area contributed by atoms with E-state index < -0.39 is 0 Å². The van der Waals surface area contributed by atoms with E-state index in [0.717, 1.165) is 28.3 Å². The SMILES string of the molecule is COc1ccc(CNC(=O)Cc2c(C)nn(C)c2C)c(OC)c1. The molecule has 1 N–H and O–H groups in total. The van der Waals surface area contributed by atoms with Gasteiger partial charge >= 0.3 is 0 Å². The van der Waals surface area contributed by atoms with Gasteiger partial charge in [-0.25, -0.2) is 0 Å². The van der Waals surface area contributed by atoms with E-state index >= 15 is 0 Å². The molecule has 23 heavy (non-hydrogen) atoms. The van der Waals surface area contributed by atoms with E-state index in [1.807, 2.05) is 33.0 Å². The minimum absolute atomic E-state index is 0.0397. The highest BCUT2D eigenvalue weighted by Gasteiger charge is 2.14. The van der Waals surface area contributed by atoms with Gasteiger partial charge in [-0.05, 0) is 26.0 Å². The highest BCUT2D eigenvalue weighted by atomic mass is 16.5. The summed E-state index contributed by atoms with van der Waals surface area (Å²) < 4.78 is 12.3. The van der Waals surface area contributed by atoms with Crippen LogP contribution in [0.2, 0.25) is 0 Å². The van der Waals surface area contributed by atoms with Crippen LogP contribution in [-0.4, -0.2) is 29.9 Å². The van der Waals surface area contributed by atoms with Gasteiger partial charge in [0.25, 0.3) is 0 Å². The fraction of sp³-hybridized carbons (Fsp3) is 0.412. The largest absolute Gasteiger partial charge is 0.497 e. The summed E-state index contributed by atoms with van der Waals surface area (Å²) >= 11 is 0. The Morgan fingerprint density at radius 2 is 2.00 bits per heavy atom. The lowest BCUT2D eigenvalue weighted by Gasteiger charge is -2.11. The molecule has 124 valence electrons. The third-order valence-electron chi connectivity index (χ3n) is 3.97. The summed E-state index contributed by atoms with van der Waals surface area (Å²) in [5.74, 6) is 1.37. The van der Waals surface area contributed by atoms with Crippen LogP contribution >= 0.6 is 0 Å². The lowest BCUT2D eigenvalue weighted by Crippen LogP contribution is -2.25. The summed E-state index contributed by atoms with van der Waals surface area (Å²) in [5.41, 5.74) is 3.79. The van der Waals surface area contributed by atoms with Crippen LogP contribution in [0.25, 0.3) is 0 Å². The number of carbonyl (C=O) groups excluding carboxylic acids is 1. The molecular formula is C17H23N3O3. The first-order chi connectivity index (χ1) is 11.0. The number of aryl methyl sites for hydroxylation is 2. The Morgan fingerprint density at radius 1 is 1.26 bits per heavy atom. The summed E-state index contributed by atoms with van der Waals surface area (Å²) in [6, 6.07) is 5.54. The summed E-state index contributed by atoms with van der Waals surface area (Å²) in [6.07, 6.45) is 0.323. The standard InChI is InChI=1S/C17H23N3O3/c1-11-15(12(2)20(3)19-11)9-17(21)18-10-13-6-7-14(22-4)8-16(13)23-5/h6-8H,9-10H2,1-5H3,(H,18,21). The van der Waals surface area contributed by atoms with Crippen molar-refractivity contribution < 1.29 is 14.3 Å². The van der Waals surface area contributed by atoms with Gasteiger partial charge in [0.2, 0.25) is 5.91 Å². The van der Waals surface area contributed by atoms with Crippen molar-refractivity contribution in [2.45, 2.75) is 26.8 Å². The zero-order chi connectivity index (χ0) is 17.0. The van der Waals surface area contributed by atoms with E-state index in [-0.39, 0.29) is 5.91 Å². The maximum Gasteiger partial charge on any atom is 0.224 e. The minimum Gasteiger partial charge on any atom is -0.497 e. The number of hydrogen-bond donors (Lipinski definition) is 1. The zero-order valence-electron chi connectivity index (χ0n) is 14.3. The normalized spacial score (nSPS) is 10.5. The number of nitrogens with one attached hydrogen (secondary N) is 1. The van der Waals surface area contributed by atoms with E-state index in [1.165, 1.54) is 0 Å². The average molecular weight is 317 g/mol. The monoisotopic (exact) mass is 317 g/mol. The van der Waals surface area contributed by atoms with Gasteiger partial charge in [0.15, 0.2) is 0 Å². The van der Waals surface area contributed by atoms with Gasteiger partial charge in [-0.3, -0.25) is 9.48 Å². The summed E-state index contributed by atoms with van der Waals surface area (Å²) in [6.45, 7) is 4.29. The molecule has 0 fully saturated rings. The molecule has 0 aliphatic rings. The van der Waals surface area contributed by atoms with Crippen molar-refractivity contribution in [1.82, 2.24) is 15.1 Å². The molecule has 0 bridgehead atoms. The lowest BCUT2D eigenvalue weighted by atomic mass is 10.1. The summed E-state index contributed by atoms with van der Waals surface area (Å²) in [4.78, 5) is 12.2. The molecule has 6 nitrogen and oxygen atoms in total. The molecule has 2 rings (SSSR count). The van der Waals surface area contributed by atoms with Crippen LogP contribution in [0, 0.1) is 13.8 Å². The molecule has 0 aliphatic heterocycles. The molecule has 0 aliphatic carbocycles. The number of carbonyl (C=O) groups is 1.